The first-order chi connectivity index (χ1) is 9.44. The van der Waals surface area contributed by atoms with Gasteiger partial charge in [0.25, 0.3) is 0 Å². The molecule has 106 valence electrons. The summed E-state index contributed by atoms with van der Waals surface area (Å²) in [4.78, 5) is 2.59. The maximum atomic E-state index is 3.52. The van der Waals surface area contributed by atoms with E-state index in [4.69, 9.17) is 0 Å². The smallest absolute Gasteiger partial charge is 0.0349 e. The maximum absolute atomic E-state index is 3.52. The molecule has 1 N–H and O–H groups in total. The number of thiophene rings is 1. The minimum Gasteiger partial charge on any atom is -0.309 e. The molecule has 0 spiro atoms. The van der Waals surface area contributed by atoms with Gasteiger partial charge in [0.2, 0.25) is 0 Å². The van der Waals surface area contributed by atoms with Crippen molar-refractivity contribution in [2.24, 2.45) is 0 Å². The van der Waals surface area contributed by atoms with Crippen molar-refractivity contribution in [3.8, 4) is 10.4 Å². The monoisotopic (exact) mass is 349 g/mol. The molecule has 2 aromatic rings. The van der Waals surface area contributed by atoms with Crippen LogP contribution in [0.2, 0.25) is 0 Å². The molecule has 0 aliphatic heterocycles. The normalized spacial score (nSPS) is 12.2. The Kier molecular flexibility index (Phi) is 5.19. The summed E-state index contributed by atoms with van der Waals surface area (Å²) in [5.41, 5.74) is 1.43. The van der Waals surface area contributed by atoms with E-state index in [1.807, 2.05) is 11.3 Å². The molecule has 1 heterocycles. The molecule has 0 aliphatic rings. The molecule has 1 nitrogen and oxygen atoms in total. The molecular formula is C17H20BrNS. The zero-order valence-corrected chi connectivity index (χ0v) is 14.5. The predicted octanol–water partition coefficient (Wildman–Crippen LogP) is 5.58. The molecule has 0 atom stereocenters. The van der Waals surface area contributed by atoms with Gasteiger partial charge < -0.3 is 5.32 Å². The van der Waals surface area contributed by atoms with Crippen molar-refractivity contribution < 1.29 is 0 Å². The molecule has 0 radical (unpaired) electrons. The molecule has 0 saturated carbocycles. The van der Waals surface area contributed by atoms with Crippen LogP contribution < -0.4 is 5.32 Å². The number of nitrogens with one attached hydrogen (secondary N) is 1. The Hall–Kier alpha value is -0.900. The van der Waals surface area contributed by atoms with Gasteiger partial charge in [-0.1, -0.05) is 34.1 Å². The first-order valence-electron chi connectivity index (χ1n) is 6.71. The van der Waals surface area contributed by atoms with Crippen LogP contribution in [-0.2, 0) is 0 Å². The number of halogens is 1. The molecule has 0 fully saturated rings. The molecule has 0 bridgehead atoms. The second-order valence-electron chi connectivity index (χ2n) is 5.75. The summed E-state index contributed by atoms with van der Waals surface area (Å²) in [6.07, 6.45) is 4.37. The first-order valence-corrected chi connectivity index (χ1v) is 8.32. The third-order valence-electron chi connectivity index (χ3n) is 2.77. The molecule has 1 aromatic heterocycles. The summed E-state index contributed by atoms with van der Waals surface area (Å²) < 4.78 is 1.12. The molecule has 0 unspecified atom stereocenters. The molecule has 20 heavy (non-hydrogen) atoms. The van der Waals surface area contributed by atoms with Crippen molar-refractivity contribution in [1.29, 1.82) is 0 Å². The summed E-state index contributed by atoms with van der Waals surface area (Å²) in [6.45, 7) is 7.43. The Morgan fingerprint density at radius 3 is 2.70 bits per heavy atom. The number of hydrogen-bond donors (Lipinski definition) is 1. The van der Waals surface area contributed by atoms with Crippen LogP contribution in [0, 0.1) is 0 Å². The second-order valence-corrected chi connectivity index (χ2v) is 7.78. The minimum absolute atomic E-state index is 0.168. The zero-order valence-electron chi connectivity index (χ0n) is 12.1. The summed E-state index contributed by atoms with van der Waals surface area (Å²) in [5, 5.41) is 3.45. The second kappa shape index (κ2) is 6.70. The van der Waals surface area contributed by atoms with Crippen molar-refractivity contribution in [1.82, 2.24) is 5.32 Å². The number of benzene rings is 1. The van der Waals surface area contributed by atoms with Gasteiger partial charge in [0.1, 0.15) is 0 Å². The van der Waals surface area contributed by atoms with Gasteiger partial charge in [-0.15, -0.1) is 11.3 Å². The SMILES string of the molecule is CC(C)(C)NCC=Cc1ccc(-c2cccc(Br)c2)s1. The fourth-order valence-electron chi connectivity index (χ4n) is 1.78. The average molecular weight is 350 g/mol. The van der Waals surface area contributed by atoms with E-state index >= 15 is 0 Å². The Morgan fingerprint density at radius 2 is 2.00 bits per heavy atom. The number of hydrogen-bond acceptors (Lipinski definition) is 2. The third kappa shape index (κ3) is 4.89. The van der Waals surface area contributed by atoms with E-state index in [0.29, 0.717) is 0 Å². The highest BCUT2D eigenvalue weighted by Crippen LogP contribution is 2.30. The van der Waals surface area contributed by atoms with E-state index in [-0.39, 0.29) is 5.54 Å². The van der Waals surface area contributed by atoms with Gasteiger partial charge in [0.15, 0.2) is 0 Å². The minimum atomic E-state index is 0.168. The molecule has 1 aromatic carbocycles. The largest absolute Gasteiger partial charge is 0.309 e. The summed E-state index contributed by atoms with van der Waals surface area (Å²) in [5.74, 6) is 0. The highest BCUT2D eigenvalue weighted by molar-refractivity contribution is 9.10. The molecule has 0 aliphatic carbocycles. The number of rotatable bonds is 4. The summed E-state index contributed by atoms with van der Waals surface area (Å²) >= 11 is 5.34. The van der Waals surface area contributed by atoms with Gasteiger partial charge in [-0.25, -0.2) is 0 Å². The highest BCUT2D eigenvalue weighted by atomic mass is 79.9. The van der Waals surface area contributed by atoms with Crippen LogP contribution in [0.3, 0.4) is 0 Å². The van der Waals surface area contributed by atoms with Crippen LogP contribution in [0.1, 0.15) is 25.6 Å². The molecule has 2 rings (SSSR count). The lowest BCUT2D eigenvalue weighted by molar-refractivity contribution is 0.450. The Bertz CT molecular complexity index is 593. The lowest BCUT2D eigenvalue weighted by Gasteiger charge is -2.18. The Balaban J connectivity index is 2.01. The van der Waals surface area contributed by atoms with Crippen molar-refractivity contribution in [2.45, 2.75) is 26.3 Å². The predicted molar refractivity (Wildman–Crippen MR) is 94.2 cm³/mol. The van der Waals surface area contributed by atoms with Crippen molar-refractivity contribution >= 4 is 33.3 Å². The van der Waals surface area contributed by atoms with Crippen LogP contribution in [0.25, 0.3) is 16.5 Å². The standard InChI is InChI=1S/C17H20BrNS/c1-17(2,3)19-11-5-8-15-9-10-16(20-15)13-6-4-7-14(18)12-13/h4-10,12,19H,11H2,1-3H3. The van der Waals surface area contributed by atoms with Gasteiger partial charge in [0, 0.05) is 26.3 Å². The fraction of sp³-hybridized carbons (Fsp3) is 0.294. The molecular weight excluding hydrogens is 330 g/mol. The van der Waals surface area contributed by atoms with Gasteiger partial charge in [-0.2, -0.15) is 0 Å². The van der Waals surface area contributed by atoms with Crippen LogP contribution in [-0.4, -0.2) is 12.1 Å². The lowest BCUT2D eigenvalue weighted by Crippen LogP contribution is -2.35. The summed E-state index contributed by atoms with van der Waals surface area (Å²) in [7, 11) is 0. The molecule has 3 heteroatoms. The highest BCUT2D eigenvalue weighted by Gasteiger charge is 2.06. The third-order valence-corrected chi connectivity index (χ3v) is 4.36. The fourth-order valence-corrected chi connectivity index (χ4v) is 3.11. The molecule has 0 saturated heterocycles. The van der Waals surface area contributed by atoms with E-state index in [2.05, 4.69) is 90.6 Å². The first kappa shape index (κ1) is 15.5. The van der Waals surface area contributed by atoms with E-state index in [9.17, 15) is 0 Å². The van der Waals surface area contributed by atoms with Crippen molar-refractivity contribution in [3.63, 3.8) is 0 Å². The van der Waals surface area contributed by atoms with Crippen LogP contribution in [0.15, 0.2) is 46.9 Å². The summed E-state index contributed by atoms with van der Waals surface area (Å²) in [6, 6.07) is 12.8. The lowest BCUT2D eigenvalue weighted by atomic mass is 10.1. The van der Waals surface area contributed by atoms with Gasteiger partial charge in [0.05, 0.1) is 0 Å². The van der Waals surface area contributed by atoms with Crippen LogP contribution in [0.4, 0.5) is 0 Å². The van der Waals surface area contributed by atoms with Crippen LogP contribution >= 0.6 is 27.3 Å². The van der Waals surface area contributed by atoms with E-state index in [1.165, 1.54) is 15.3 Å². The quantitative estimate of drug-likeness (QED) is 0.759. The van der Waals surface area contributed by atoms with E-state index < -0.39 is 0 Å². The Labute approximate surface area is 133 Å². The average Bonchev–Trinajstić information content (AvgIpc) is 2.82. The maximum Gasteiger partial charge on any atom is 0.0349 e. The zero-order chi connectivity index (χ0) is 14.6. The van der Waals surface area contributed by atoms with Gasteiger partial charge in [-0.05, 0) is 56.7 Å². The van der Waals surface area contributed by atoms with Crippen molar-refractivity contribution in [2.75, 3.05) is 6.54 Å². The van der Waals surface area contributed by atoms with E-state index in [1.54, 1.807) is 0 Å². The van der Waals surface area contributed by atoms with Crippen molar-refractivity contribution in [3.05, 3.63) is 51.8 Å². The Morgan fingerprint density at radius 1 is 1.20 bits per heavy atom. The van der Waals surface area contributed by atoms with Crippen LogP contribution in [0.5, 0.6) is 0 Å². The van der Waals surface area contributed by atoms with Gasteiger partial charge in [-0.3, -0.25) is 0 Å². The molecule has 0 amide bonds. The van der Waals surface area contributed by atoms with Gasteiger partial charge >= 0.3 is 0 Å². The van der Waals surface area contributed by atoms with E-state index in [0.717, 1.165) is 11.0 Å². The topological polar surface area (TPSA) is 12.0 Å².